The molecule has 2 saturated heterocycles. The van der Waals surface area contributed by atoms with E-state index in [1.165, 1.54) is 24.0 Å². The van der Waals surface area contributed by atoms with E-state index in [0.29, 0.717) is 17.9 Å². The van der Waals surface area contributed by atoms with Crippen LogP contribution >= 0.6 is 0 Å². The summed E-state index contributed by atoms with van der Waals surface area (Å²) in [5, 5.41) is 0. The van der Waals surface area contributed by atoms with Gasteiger partial charge in [-0.25, -0.2) is 0 Å². The minimum Gasteiger partial charge on any atom is -0.370 e. The van der Waals surface area contributed by atoms with Crippen LogP contribution in [0.4, 0.5) is 0 Å². The zero-order valence-corrected chi connectivity index (χ0v) is 15.2. The summed E-state index contributed by atoms with van der Waals surface area (Å²) >= 11 is 0. The molecule has 3 heteroatoms. The number of rotatable bonds is 9. The maximum atomic E-state index is 6.21. The number of hydrogen-bond acceptors (Lipinski definition) is 3. The van der Waals surface area contributed by atoms with Gasteiger partial charge in [-0.05, 0) is 56.4 Å². The highest BCUT2D eigenvalue weighted by Crippen LogP contribution is 2.32. The highest BCUT2D eigenvalue weighted by atomic mass is 16.7. The van der Waals surface area contributed by atoms with Crippen LogP contribution < -0.4 is 0 Å². The summed E-state index contributed by atoms with van der Waals surface area (Å²) in [5.74, 6) is 1.31. The van der Waals surface area contributed by atoms with E-state index in [4.69, 9.17) is 14.2 Å². The first kappa shape index (κ1) is 18.7. The summed E-state index contributed by atoms with van der Waals surface area (Å²) in [6.07, 6.45) is 6.95. The van der Waals surface area contributed by atoms with Crippen molar-refractivity contribution in [2.45, 2.75) is 77.8 Å². The molecule has 0 aliphatic carbocycles. The third kappa shape index (κ3) is 6.06. The van der Waals surface area contributed by atoms with Gasteiger partial charge in [0.15, 0.2) is 6.29 Å². The van der Waals surface area contributed by atoms with E-state index in [1.807, 2.05) is 0 Å². The van der Waals surface area contributed by atoms with Crippen LogP contribution in [0.25, 0.3) is 0 Å². The van der Waals surface area contributed by atoms with Gasteiger partial charge in [0.2, 0.25) is 0 Å². The van der Waals surface area contributed by atoms with E-state index in [9.17, 15) is 0 Å². The summed E-state index contributed by atoms with van der Waals surface area (Å²) < 4.78 is 17.2. The zero-order valence-electron chi connectivity index (χ0n) is 15.2. The molecule has 3 nitrogen and oxygen atoms in total. The Morgan fingerprint density at radius 1 is 1.17 bits per heavy atom. The second-order valence-corrected chi connectivity index (χ2v) is 7.52. The molecule has 2 heterocycles. The minimum absolute atomic E-state index is 0.0189. The van der Waals surface area contributed by atoms with E-state index in [2.05, 4.69) is 33.9 Å². The molecule has 23 heavy (non-hydrogen) atoms. The molecule has 0 bridgehead atoms. The molecule has 2 aliphatic heterocycles. The quantitative estimate of drug-likeness (QED) is 0.567. The van der Waals surface area contributed by atoms with Crippen LogP contribution in [0.2, 0.25) is 0 Å². The van der Waals surface area contributed by atoms with Gasteiger partial charge >= 0.3 is 0 Å². The average molecular weight is 322 g/mol. The molecule has 132 valence electrons. The van der Waals surface area contributed by atoms with Crippen LogP contribution in [-0.2, 0) is 14.2 Å². The Morgan fingerprint density at radius 2 is 1.87 bits per heavy atom. The van der Waals surface area contributed by atoms with E-state index < -0.39 is 0 Å². The molecule has 0 amide bonds. The molecule has 4 atom stereocenters. The third-order valence-electron chi connectivity index (χ3n) is 5.24. The first-order valence-electron chi connectivity index (χ1n) is 9.17. The Labute approximate surface area is 142 Å². The highest BCUT2D eigenvalue weighted by Gasteiger charge is 2.30. The SMILES string of the molecule is C=C1C[C@H](CCC2OCCO2)O[C@H]1CC[C@H](C)C[C@H](C)C(=C)C. The molecule has 0 N–H and O–H groups in total. The largest absolute Gasteiger partial charge is 0.370 e. The molecule has 0 spiro atoms. The molecule has 2 fully saturated rings. The first-order chi connectivity index (χ1) is 11.0. The second kappa shape index (κ2) is 9.00. The van der Waals surface area contributed by atoms with Crippen molar-refractivity contribution >= 4 is 0 Å². The van der Waals surface area contributed by atoms with Crippen molar-refractivity contribution in [2.24, 2.45) is 11.8 Å². The third-order valence-corrected chi connectivity index (χ3v) is 5.24. The Hall–Kier alpha value is -0.640. The summed E-state index contributed by atoms with van der Waals surface area (Å²) in [6.45, 7) is 16.5. The van der Waals surface area contributed by atoms with E-state index in [1.54, 1.807) is 0 Å². The van der Waals surface area contributed by atoms with Crippen molar-refractivity contribution in [3.05, 3.63) is 24.3 Å². The Morgan fingerprint density at radius 3 is 2.52 bits per heavy atom. The fraction of sp³-hybridized carbons (Fsp3) is 0.800. The minimum atomic E-state index is -0.0189. The van der Waals surface area contributed by atoms with Crippen LogP contribution in [0.15, 0.2) is 24.3 Å². The maximum Gasteiger partial charge on any atom is 0.157 e. The molecular weight excluding hydrogens is 288 g/mol. The van der Waals surface area contributed by atoms with Crippen molar-refractivity contribution < 1.29 is 14.2 Å². The molecule has 2 aliphatic rings. The van der Waals surface area contributed by atoms with Crippen molar-refractivity contribution in [2.75, 3.05) is 13.2 Å². The zero-order chi connectivity index (χ0) is 16.8. The lowest BCUT2D eigenvalue weighted by Gasteiger charge is -2.20. The number of hydrogen-bond donors (Lipinski definition) is 0. The Balaban J connectivity index is 1.65. The van der Waals surface area contributed by atoms with Gasteiger partial charge < -0.3 is 14.2 Å². The lowest BCUT2D eigenvalue weighted by atomic mass is 9.88. The van der Waals surface area contributed by atoms with Crippen LogP contribution in [0, 0.1) is 11.8 Å². The fourth-order valence-electron chi connectivity index (χ4n) is 3.50. The van der Waals surface area contributed by atoms with Crippen LogP contribution in [0.5, 0.6) is 0 Å². The highest BCUT2D eigenvalue weighted by molar-refractivity contribution is 5.09. The molecular formula is C20H34O3. The molecule has 0 aromatic heterocycles. The van der Waals surface area contributed by atoms with Gasteiger partial charge in [0.25, 0.3) is 0 Å². The van der Waals surface area contributed by atoms with Gasteiger partial charge in [0.05, 0.1) is 25.4 Å². The molecule has 0 aromatic carbocycles. The average Bonchev–Trinajstić information content (AvgIpc) is 3.12. The molecule has 0 saturated carbocycles. The second-order valence-electron chi connectivity index (χ2n) is 7.52. The van der Waals surface area contributed by atoms with Gasteiger partial charge in [-0.15, -0.1) is 0 Å². The first-order valence-corrected chi connectivity index (χ1v) is 9.17. The van der Waals surface area contributed by atoms with Gasteiger partial charge in [0, 0.05) is 6.42 Å². The van der Waals surface area contributed by atoms with Crippen LogP contribution in [-0.4, -0.2) is 31.7 Å². The summed E-state index contributed by atoms with van der Waals surface area (Å²) in [6, 6.07) is 0. The summed E-state index contributed by atoms with van der Waals surface area (Å²) in [5.41, 5.74) is 2.55. The van der Waals surface area contributed by atoms with Crippen molar-refractivity contribution in [1.29, 1.82) is 0 Å². The molecule has 0 aromatic rings. The van der Waals surface area contributed by atoms with Crippen molar-refractivity contribution in [1.82, 2.24) is 0 Å². The van der Waals surface area contributed by atoms with Gasteiger partial charge in [0.1, 0.15) is 0 Å². The predicted molar refractivity (Wildman–Crippen MR) is 94.3 cm³/mol. The number of ether oxygens (including phenoxy) is 3. The maximum absolute atomic E-state index is 6.21. The van der Waals surface area contributed by atoms with E-state index in [0.717, 1.165) is 38.9 Å². The van der Waals surface area contributed by atoms with Crippen molar-refractivity contribution in [3.8, 4) is 0 Å². The smallest absolute Gasteiger partial charge is 0.157 e. The standard InChI is InChI=1S/C20H34O3/c1-14(2)16(4)12-15(3)6-8-19-17(5)13-18(23-19)7-9-20-21-10-11-22-20/h15-16,18-20H,1,5-13H2,2-4H3/t15-,16-,18-,19-/m0/s1. The monoisotopic (exact) mass is 322 g/mol. The van der Waals surface area contributed by atoms with Crippen LogP contribution in [0.1, 0.15) is 59.3 Å². The molecule has 2 rings (SSSR count). The summed E-state index contributed by atoms with van der Waals surface area (Å²) in [4.78, 5) is 0. The van der Waals surface area contributed by atoms with Gasteiger partial charge in [-0.3, -0.25) is 0 Å². The van der Waals surface area contributed by atoms with E-state index in [-0.39, 0.29) is 12.4 Å². The molecule has 0 unspecified atom stereocenters. The predicted octanol–water partition coefficient (Wildman–Crippen LogP) is 4.87. The lowest BCUT2D eigenvalue weighted by Crippen LogP contribution is -2.16. The number of allylic oxidation sites excluding steroid dienone is 1. The fourth-order valence-corrected chi connectivity index (χ4v) is 3.50. The summed E-state index contributed by atoms with van der Waals surface area (Å²) in [7, 11) is 0. The Bertz CT molecular complexity index is 398. The van der Waals surface area contributed by atoms with Gasteiger partial charge in [-0.2, -0.15) is 0 Å². The Kier molecular flexibility index (Phi) is 7.32. The van der Waals surface area contributed by atoms with E-state index >= 15 is 0 Å². The topological polar surface area (TPSA) is 27.7 Å². The lowest BCUT2D eigenvalue weighted by molar-refractivity contribution is -0.0587. The molecule has 0 radical (unpaired) electrons. The van der Waals surface area contributed by atoms with Gasteiger partial charge in [-0.1, -0.05) is 32.6 Å². The van der Waals surface area contributed by atoms with Crippen LogP contribution in [0.3, 0.4) is 0 Å². The normalized spacial score (nSPS) is 28.2. The van der Waals surface area contributed by atoms with Crippen molar-refractivity contribution in [3.63, 3.8) is 0 Å².